The minimum atomic E-state index is -0.0367. The van der Waals surface area contributed by atoms with Gasteiger partial charge in [0.25, 0.3) is 5.91 Å². The van der Waals surface area contributed by atoms with Gasteiger partial charge in [-0.2, -0.15) is 5.53 Å². The lowest BCUT2D eigenvalue weighted by Gasteiger charge is -2.38. The van der Waals surface area contributed by atoms with Crippen LogP contribution in [-0.4, -0.2) is 35.2 Å². The summed E-state index contributed by atoms with van der Waals surface area (Å²) >= 11 is 0. The monoisotopic (exact) mass is 354 g/mol. The number of fused-ring (bicyclic) bond motifs is 2. The molecule has 138 valence electrons. The van der Waals surface area contributed by atoms with Crippen LogP contribution in [0.25, 0.3) is 0 Å². The second-order valence-corrected chi connectivity index (χ2v) is 7.89. The van der Waals surface area contributed by atoms with Crippen molar-refractivity contribution in [2.45, 2.75) is 56.4 Å². The summed E-state index contributed by atoms with van der Waals surface area (Å²) in [5.74, 6) is 0.684. The van der Waals surface area contributed by atoms with Gasteiger partial charge in [-0.05, 0) is 31.7 Å². The summed E-state index contributed by atoms with van der Waals surface area (Å²) in [5.41, 5.74) is 15.3. The highest BCUT2D eigenvalue weighted by Gasteiger charge is 2.46. The molecule has 7 nitrogen and oxygen atoms in total. The largest absolute Gasteiger partial charge is 0.366 e. The molecule has 0 spiro atoms. The van der Waals surface area contributed by atoms with Gasteiger partial charge in [0, 0.05) is 41.7 Å². The molecule has 1 amide bonds. The molecule has 0 aromatic heterocycles. The average molecular weight is 354 g/mol. The van der Waals surface area contributed by atoms with Gasteiger partial charge in [-0.3, -0.25) is 9.80 Å². The minimum absolute atomic E-state index is 0.0367. The smallest absolute Gasteiger partial charge is 0.264 e. The summed E-state index contributed by atoms with van der Waals surface area (Å²) in [6.45, 7) is 2.15. The number of hydrogen-bond donors (Lipinski definition) is 5. The molecule has 3 fully saturated rings. The van der Waals surface area contributed by atoms with Crippen LogP contribution in [0.2, 0.25) is 0 Å². The van der Waals surface area contributed by atoms with Crippen LogP contribution >= 0.6 is 0 Å². The predicted octanol–water partition coefficient (Wildman–Crippen LogP) is 0.468. The van der Waals surface area contributed by atoms with Gasteiger partial charge in [0.2, 0.25) is 0 Å². The third kappa shape index (κ3) is 2.63. The molecule has 5 rings (SSSR count). The zero-order valence-corrected chi connectivity index (χ0v) is 14.9. The van der Waals surface area contributed by atoms with E-state index in [1.165, 1.54) is 5.56 Å². The molecular formula is C19H26N6O. The van der Waals surface area contributed by atoms with Crippen molar-refractivity contribution in [3.05, 3.63) is 47.7 Å². The fraction of sp³-hybridized carbons (Fsp3) is 0.526. The average Bonchev–Trinajstić information content (AvgIpc) is 3.25. The Labute approximate surface area is 153 Å². The molecule has 6 unspecified atom stereocenters. The minimum Gasteiger partial charge on any atom is -0.366 e. The third-order valence-corrected chi connectivity index (χ3v) is 6.32. The Morgan fingerprint density at radius 3 is 2.73 bits per heavy atom. The lowest BCUT2D eigenvalue weighted by molar-refractivity contribution is -0.131. The number of allylic oxidation sites excluding steroid dienone is 1. The number of nitrogens with one attached hydrogen (secondary N) is 5. The Morgan fingerprint density at radius 2 is 1.88 bits per heavy atom. The van der Waals surface area contributed by atoms with E-state index in [-0.39, 0.29) is 24.0 Å². The van der Waals surface area contributed by atoms with Crippen LogP contribution in [0, 0.1) is 5.92 Å². The number of carbonyl (C=O) groups excluding carboxylic acids is 1. The number of rotatable bonds is 2. The maximum absolute atomic E-state index is 12.8. The first-order chi connectivity index (χ1) is 12.7. The van der Waals surface area contributed by atoms with E-state index < -0.39 is 0 Å². The molecule has 0 radical (unpaired) electrons. The molecule has 3 aliphatic heterocycles. The van der Waals surface area contributed by atoms with Gasteiger partial charge in [0.15, 0.2) is 0 Å². The summed E-state index contributed by atoms with van der Waals surface area (Å²) in [6, 6.07) is 11.6. The van der Waals surface area contributed by atoms with Crippen molar-refractivity contribution < 1.29 is 4.79 Å². The highest BCUT2D eigenvalue weighted by atomic mass is 16.2. The van der Waals surface area contributed by atoms with Gasteiger partial charge in [0.05, 0.1) is 0 Å². The van der Waals surface area contributed by atoms with E-state index in [4.69, 9.17) is 0 Å². The number of nitrogens with zero attached hydrogens (tertiary/aromatic N) is 1. The van der Waals surface area contributed by atoms with E-state index in [0.29, 0.717) is 18.0 Å². The highest BCUT2D eigenvalue weighted by Crippen LogP contribution is 2.37. The molecule has 26 heavy (non-hydrogen) atoms. The predicted molar refractivity (Wildman–Crippen MR) is 98.0 cm³/mol. The van der Waals surface area contributed by atoms with Gasteiger partial charge < -0.3 is 5.32 Å². The van der Waals surface area contributed by atoms with Crippen LogP contribution in [0.3, 0.4) is 0 Å². The quantitative estimate of drug-likeness (QED) is 0.531. The molecule has 6 atom stereocenters. The second kappa shape index (κ2) is 6.35. The van der Waals surface area contributed by atoms with E-state index in [2.05, 4.69) is 58.3 Å². The standard InChI is InChI=1S/C19H26N6O/c1-11-18(12-5-3-2-4-6-12)19-20-15(10-17(26)25(19)23-11)13-7-8-14-16(9-13)22-24-21-14/h2-6,10-11,13-14,16,18-24H,7-9H2,1H3. The molecule has 1 aromatic rings. The highest BCUT2D eigenvalue weighted by molar-refractivity contribution is 5.89. The molecule has 4 aliphatic rings. The van der Waals surface area contributed by atoms with Crippen LogP contribution in [0.5, 0.6) is 0 Å². The summed E-state index contributed by atoms with van der Waals surface area (Å²) in [6.07, 6.45) is 4.99. The Kier molecular flexibility index (Phi) is 3.97. The molecular weight excluding hydrogens is 328 g/mol. The first-order valence-electron chi connectivity index (χ1n) is 9.59. The van der Waals surface area contributed by atoms with Crippen LogP contribution in [0.15, 0.2) is 42.1 Å². The molecule has 1 saturated carbocycles. The molecule has 2 saturated heterocycles. The molecule has 3 heterocycles. The van der Waals surface area contributed by atoms with E-state index in [9.17, 15) is 4.79 Å². The Bertz CT molecular complexity index is 722. The van der Waals surface area contributed by atoms with E-state index in [1.54, 1.807) is 11.1 Å². The lowest BCUT2D eigenvalue weighted by Crippen LogP contribution is -2.54. The van der Waals surface area contributed by atoms with Crippen LogP contribution < -0.4 is 27.1 Å². The zero-order valence-electron chi connectivity index (χ0n) is 14.9. The van der Waals surface area contributed by atoms with Crippen molar-refractivity contribution in [3.8, 4) is 0 Å². The summed E-state index contributed by atoms with van der Waals surface area (Å²) in [4.78, 5) is 12.8. The molecule has 1 aromatic carbocycles. The maximum atomic E-state index is 12.8. The van der Waals surface area contributed by atoms with Gasteiger partial charge >= 0.3 is 0 Å². The van der Waals surface area contributed by atoms with Crippen molar-refractivity contribution in [3.63, 3.8) is 0 Å². The SMILES string of the molecule is CC1NN2C(=O)C=C(C3CCC4NNNC4C3)NC2C1c1ccccc1. The van der Waals surface area contributed by atoms with Crippen LogP contribution in [0.1, 0.15) is 37.7 Å². The van der Waals surface area contributed by atoms with Crippen LogP contribution in [0.4, 0.5) is 0 Å². The van der Waals surface area contributed by atoms with Crippen molar-refractivity contribution in [2.75, 3.05) is 0 Å². The summed E-state index contributed by atoms with van der Waals surface area (Å²) < 4.78 is 0. The number of amides is 1. The summed E-state index contributed by atoms with van der Waals surface area (Å²) in [5, 5.41) is 5.48. The van der Waals surface area contributed by atoms with Crippen molar-refractivity contribution >= 4 is 5.91 Å². The Morgan fingerprint density at radius 1 is 1.08 bits per heavy atom. The van der Waals surface area contributed by atoms with E-state index in [0.717, 1.165) is 25.0 Å². The lowest BCUT2D eigenvalue weighted by atomic mass is 9.80. The number of benzene rings is 1. The molecule has 0 bridgehead atoms. The Balaban J connectivity index is 1.39. The summed E-state index contributed by atoms with van der Waals surface area (Å²) in [7, 11) is 0. The Hall–Kier alpha value is -1.93. The van der Waals surface area contributed by atoms with Crippen molar-refractivity contribution in [2.24, 2.45) is 5.92 Å². The topological polar surface area (TPSA) is 80.5 Å². The second-order valence-electron chi connectivity index (χ2n) is 7.89. The zero-order chi connectivity index (χ0) is 17.7. The van der Waals surface area contributed by atoms with Gasteiger partial charge in [-0.15, -0.1) is 0 Å². The van der Waals surface area contributed by atoms with Crippen molar-refractivity contribution in [1.29, 1.82) is 0 Å². The fourth-order valence-electron chi connectivity index (χ4n) is 4.98. The number of hydrogen-bond acceptors (Lipinski definition) is 6. The first-order valence-corrected chi connectivity index (χ1v) is 9.59. The third-order valence-electron chi connectivity index (χ3n) is 6.32. The normalized spacial score (nSPS) is 39.2. The van der Waals surface area contributed by atoms with Gasteiger partial charge in [-0.1, -0.05) is 30.3 Å². The maximum Gasteiger partial charge on any atom is 0.264 e. The van der Waals surface area contributed by atoms with Gasteiger partial charge in [0.1, 0.15) is 6.17 Å². The number of hydrazine groups is 3. The van der Waals surface area contributed by atoms with Crippen molar-refractivity contribution in [1.82, 2.24) is 32.1 Å². The number of carbonyl (C=O) groups is 1. The molecule has 5 N–H and O–H groups in total. The van der Waals surface area contributed by atoms with E-state index in [1.807, 2.05) is 6.07 Å². The van der Waals surface area contributed by atoms with Gasteiger partial charge in [-0.25, -0.2) is 16.3 Å². The molecule has 7 heteroatoms. The van der Waals surface area contributed by atoms with E-state index >= 15 is 0 Å². The molecule has 1 aliphatic carbocycles. The van der Waals surface area contributed by atoms with Crippen LogP contribution in [-0.2, 0) is 4.79 Å². The fourth-order valence-corrected chi connectivity index (χ4v) is 4.98. The first kappa shape index (κ1) is 16.3.